The van der Waals surface area contributed by atoms with Crippen molar-refractivity contribution in [2.45, 2.75) is 44.6 Å². The highest BCUT2D eigenvalue weighted by molar-refractivity contribution is 5.88. The molecule has 5 atom stereocenters. The minimum atomic E-state index is -1.53. The number of rotatable bonds is 5. The summed E-state index contributed by atoms with van der Waals surface area (Å²) >= 11 is 0. The van der Waals surface area contributed by atoms with E-state index in [9.17, 15) is 24.9 Å². The normalized spacial score (nSPS) is 28.9. The molecule has 2 rings (SSSR count). The van der Waals surface area contributed by atoms with E-state index >= 15 is 0 Å². The van der Waals surface area contributed by atoms with Gasteiger partial charge in [-0.15, -0.1) is 0 Å². The van der Waals surface area contributed by atoms with Crippen LogP contribution in [-0.2, 0) is 19.1 Å². The molecule has 0 radical (unpaired) electrons. The lowest BCUT2D eigenvalue weighted by Gasteiger charge is -2.39. The monoisotopic (exact) mass is 355 g/mol. The standard InChI is InChI=1S/C16H21NO8/c1-8(18)17-10-3-5-11(6-4-10)24-16-15(22)14(21)13(20)12(25-16)7-23-9(2)19/h3-6,12-16,20-22H,7H2,1-2H3,(H,17,18). The van der Waals surface area contributed by atoms with Gasteiger partial charge in [0.25, 0.3) is 0 Å². The molecule has 1 amide bonds. The summed E-state index contributed by atoms with van der Waals surface area (Å²) in [5.41, 5.74) is 0.563. The summed E-state index contributed by atoms with van der Waals surface area (Å²) in [6.07, 6.45) is -6.79. The lowest BCUT2D eigenvalue weighted by atomic mass is 9.99. The average molecular weight is 355 g/mol. The summed E-state index contributed by atoms with van der Waals surface area (Å²) in [5, 5.41) is 32.4. The zero-order valence-corrected chi connectivity index (χ0v) is 13.8. The van der Waals surface area contributed by atoms with E-state index < -0.39 is 36.7 Å². The van der Waals surface area contributed by atoms with Gasteiger partial charge in [-0.3, -0.25) is 9.59 Å². The number of hydrogen-bond acceptors (Lipinski definition) is 8. The molecule has 0 spiro atoms. The summed E-state index contributed by atoms with van der Waals surface area (Å²) in [7, 11) is 0. The van der Waals surface area contributed by atoms with Gasteiger partial charge < -0.3 is 34.8 Å². The lowest BCUT2D eigenvalue weighted by molar-refractivity contribution is -0.278. The minimum Gasteiger partial charge on any atom is -0.463 e. The van der Waals surface area contributed by atoms with Gasteiger partial charge >= 0.3 is 5.97 Å². The van der Waals surface area contributed by atoms with Crippen molar-refractivity contribution in [3.8, 4) is 5.75 Å². The van der Waals surface area contributed by atoms with E-state index in [0.717, 1.165) is 0 Å². The van der Waals surface area contributed by atoms with Crippen LogP contribution in [0.2, 0.25) is 0 Å². The maximum absolute atomic E-state index is 11.0. The van der Waals surface area contributed by atoms with Crippen molar-refractivity contribution in [2.24, 2.45) is 0 Å². The Morgan fingerprint density at radius 3 is 2.28 bits per heavy atom. The molecule has 1 saturated heterocycles. The summed E-state index contributed by atoms with van der Waals surface area (Å²) in [6.45, 7) is 2.29. The van der Waals surface area contributed by atoms with Gasteiger partial charge in [0.15, 0.2) is 0 Å². The molecule has 5 unspecified atom stereocenters. The van der Waals surface area contributed by atoms with Crippen molar-refractivity contribution in [3.05, 3.63) is 24.3 Å². The third-order valence-corrected chi connectivity index (χ3v) is 3.55. The number of aliphatic hydroxyl groups excluding tert-OH is 3. The highest BCUT2D eigenvalue weighted by Crippen LogP contribution is 2.25. The third-order valence-electron chi connectivity index (χ3n) is 3.55. The van der Waals surface area contributed by atoms with Gasteiger partial charge in [0, 0.05) is 19.5 Å². The second-order valence-corrected chi connectivity index (χ2v) is 5.64. The average Bonchev–Trinajstić information content (AvgIpc) is 2.55. The molecule has 9 heteroatoms. The molecule has 0 aliphatic carbocycles. The lowest BCUT2D eigenvalue weighted by Crippen LogP contribution is -2.60. The van der Waals surface area contributed by atoms with Crippen LogP contribution < -0.4 is 10.1 Å². The number of nitrogens with one attached hydrogen (secondary N) is 1. The number of esters is 1. The van der Waals surface area contributed by atoms with Crippen LogP contribution in [-0.4, -0.2) is 64.5 Å². The zero-order chi connectivity index (χ0) is 18.6. The van der Waals surface area contributed by atoms with Crippen LogP contribution in [0, 0.1) is 0 Å². The number of carbonyl (C=O) groups excluding carboxylic acids is 2. The summed E-state index contributed by atoms with van der Waals surface area (Å²) < 4.78 is 15.7. The van der Waals surface area contributed by atoms with E-state index in [0.29, 0.717) is 11.4 Å². The van der Waals surface area contributed by atoms with E-state index in [1.807, 2.05) is 0 Å². The molecule has 0 aromatic heterocycles. The molecule has 25 heavy (non-hydrogen) atoms. The van der Waals surface area contributed by atoms with Gasteiger partial charge in [-0.1, -0.05) is 0 Å². The summed E-state index contributed by atoms with van der Waals surface area (Å²) in [5.74, 6) is -0.472. The molecule has 138 valence electrons. The molecule has 1 fully saturated rings. The van der Waals surface area contributed by atoms with Gasteiger partial charge in [0.05, 0.1) is 0 Å². The van der Waals surface area contributed by atoms with E-state index in [-0.39, 0.29) is 12.5 Å². The predicted molar refractivity (Wildman–Crippen MR) is 84.7 cm³/mol. The van der Waals surface area contributed by atoms with E-state index in [4.69, 9.17) is 14.2 Å². The van der Waals surface area contributed by atoms with Crippen LogP contribution in [0.4, 0.5) is 5.69 Å². The maximum Gasteiger partial charge on any atom is 0.302 e. The van der Waals surface area contributed by atoms with E-state index in [1.54, 1.807) is 24.3 Å². The third kappa shape index (κ3) is 5.13. The molecule has 0 saturated carbocycles. The number of benzene rings is 1. The van der Waals surface area contributed by atoms with Crippen molar-refractivity contribution >= 4 is 17.6 Å². The summed E-state index contributed by atoms with van der Waals surface area (Å²) in [4.78, 5) is 21.9. The van der Waals surface area contributed by atoms with Crippen molar-refractivity contribution in [1.29, 1.82) is 0 Å². The highest BCUT2D eigenvalue weighted by atomic mass is 16.7. The number of hydrogen-bond donors (Lipinski definition) is 4. The van der Waals surface area contributed by atoms with Crippen molar-refractivity contribution in [1.82, 2.24) is 0 Å². The van der Waals surface area contributed by atoms with Gasteiger partial charge in [-0.05, 0) is 24.3 Å². The number of carbonyl (C=O) groups is 2. The second kappa shape index (κ2) is 8.26. The Kier molecular flexibility index (Phi) is 6.32. The van der Waals surface area contributed by atoms with Crippen LogP contribution in [0.1, 0.15) is 13.8 Å². The Labute approximate surface area is 144 Å². The molecular weight excluding hydrogens is 334 g/mol. The molecule has 1 aromatic rings. The first-order valence-corrected chi connectivity index (χ1v) is 7.65. The van der Waals surface area contributed by atoms with Crippen LogP contribution in [0.25, 0.3) is 0 Å². The van der Waals surface area contributed by atoms with Crippen LogP contribution >= 0.6 is 0 Å². The van der Waals surface area contributed by atoms with Crippen molar-refractivity contribution < 1.29 is 39.1 Å². The van der Waals surface area contributed by atoms with E-state index in [2.05, 4.69) is 5.32 Å². The molecular formula is C16H21NO8. The molecule has 1 heterocycles. The second-order valence-electron chi connectivity index (χ2n) is 5.64. The first kappa shape index (κ1) is 19.1. The molecule has 1 aliphatic rings. The quantitative estimate of drug-likeness (QED) is 0.514. The molecule has 9 nitrogen and oxygen atoms in total. The fourth-order valence-corrected chi connectivity index (χ4v) is 2.31. The Morgan fingerprint density at radius 1 is 1.08 bits per heavy atom. The topological polar surface area (TPSA) is 135 Å². The van der Waals surface area contributed by atoms with Gasteiger partial charge in [-0.25, -0.2) is 0 Å². The summed E-state index contributed by atoms with van der Waals surface area (Å²) in [6, 6.07) is 6.26. The molecule has 4 N–H and O–H groups in total. The highest BCUT2D eigenvalue weighted by Gasteiger charge is 2.45. The largest absolute Gasteiger partial charge is 0.463 e. The van der Waals surface area contributed by atoms with Crippen molar-refractivity contribution in [2.75, 3.05) is 11.9 Å². The van der Waals surface area contributed by atoms with Gasteiger partial charge in [0.1, 0.15) is 36.8 Å². The molecule has 1 aromatic carbocycles. The SMILES string of the molecule is CC(=O)Nc1ccc(OC2OC(COC(C)=O)C(O)C(O)C2O)cc1. The van der Waals surface area contributed by atoms with Crippen LogP contribution in [0.15, 0.2) is 24.3 Å². The van der Waals surface area contributed by atoms with Crippen LogP contribution in [0.5, 0.6) is 5.75 Å². The molecule has 1 aliphatic heterocycles. The smallest absolute Gasteiger partial charge is 0.302 e. The number of ether oxygens (including phenoxy) is 3. The van der Waals surface area contributed by atoms with Gasteiger partial charge in [0.2, 0.25) is 12.2 Å². The maximum atomic E-state index is 11.0. The number of anilines is 1. The predicted octanol–water partition coefficient (Wildman–Crippen LogP) is -0.606. The first-order chi connectivity index (χ1) is 11.8. The Bertz CT molecular complexity index is 605. The van der Waals surface area contributed by atoms with Crippen LogP contribution in [0.3, 0.4) is 0 Å². The molecule has 0 bridgehead atoms. The van der Waals surface area contributed by atoms with Crippen molar-refractivity contribution in [3.63, 3.8) is 0 Å². The Hall–Kier alpha value is -2.20. The first-order valence-electron chi connectivity index (χ1n) is 7.65. The zero-order valence-electron chi connectivity index (χ0n) is 13.8. The minimum absolute atomic E-state index is 0.217. The number of amides is 1. The Balaban J connectivity index is 2.03. The fourth-order valence-electron chi connectivity index (χ4n) is 2.31. The fraction of sp³-hybridized carbons (Fsp3) is 0.500. The van der Waals surface area contributed by atoms with Gasteiger partial charge in [-0.2, -0.15) is 0 Å². The van der Waals surface area contributed by atoms with E-state index in [1.165, 1.54) is 13.8 Å². The number of aliphatic hydroxyl groups is 3. The Morgan fingerprint density at radius 2 is 1.72 bits per heavy atom.